The summed E-state index contributed by atoms with van der Waals surface area (Å²) in [5.41, 5.74) is 1.10. The molecule has 1 atom stereocenters. The quantitative estimate of drug-likeness (QED) is 0.764. The van der Waals surface area contributed by atoms with E-state index in [0.29, 0.717) is 6.61 Å². The van der Waals surface area contributed by atoms with E-state index < -0.39 is 0 Å². The molecule has 0 bridgehead atoms. The Morgan fingerprint density at radius 3 is 2.64 bits per heavy atom. The molecule has 25 heavy (non-hydrogen) atoms. The smallest absolute Gasteiger partial charge is 0.323 e. The third-order valence-electron chi connectivity index (χ3n) is 4.94. The summed E-state index contributed by atoms with van der Waals surface area (Å²) in [7, 11) is 0. The summed E-state index contributed by atoms with van der Waals surface area (Å²) in [4.78, 5) is 19.0. The predicted octanol–water partition coefficient (Wildman–Crippen LogP) is 3.50. The number of hydrogen-bond acceptors (Lipinski definition) is 5. The lowest BCUT2D eigenvalue weighted by atomic mass is 10.2. The molecule has 4 rings (SSSR count). The summed E-state index contributed by atoms with van der Waals surface area (Å²) in [5.74, 6) is -0.0453. The molecular weight excluding hydrogens is 356 g/mol. The second-order valence-corrected chi connectivity index (χ2v) is 8.11. The molecule has 0 N–H and O–H groups in total. The first-order chi connectivity index (χ1) is 12.2. The van der Waals surface area contributed by atoms with Gasteiger partial charge in [-0.3, -0.25) is 14.6 Å². The van der Waals surface area contributed by atoms with E-state index in [2.05, 4.69) is 28.0 Å². The Hall–Kier alpha value is -1.40. The number of thiophene rings is 1. The molecule has 1 aromatic carbocycles. The molecule has 1 aromatic heterocycles. The molecule has 132 valence electrons. The first-order valence-electron chi connectivity index (χ1n) is 8.67. The fourth-order valence-corrected chi connectivity index (χ4v) is 4.92. The van der Waals surface area contributed by atoms with Crippen LogP contribution < -0.4 is 0 Å². The Labute approximate surface area is 156 Å². The Balaban J connectivity index is 1.35. The highest BCUT2D eigenvalue weighted by Gasteiger charge is 2.33. The van der Waals surface area contributed by atoms with Gasteiger partial charge in [0, 0.05) is 59.5 Å². The van der Waals surface area contributed by atoms with E-state index >= 15 is 0 Å². The Bertz CT molecular complexity index is 755. The molecule has 2 fully saturated rings. The second kappa shape index (κ2) is 7.46. The van der Waals surface area contributed by atoms with Crippen LogP contribution in [0, 0.1) is 0 Å². The minimum absolute atomic E-state index is 0.0179. The molecule has 0 aliphatic carbocycles. The number of carbonyl (C=O) groups excluding carboxylic acids is 1. The standard InChI is InChI=1S/C19H21ClN2O2S/c20-16-4-2-1-3-15(16)18-6-5-14(25-18)13-21-8-10-22(11-9-21)17-7-12-24-19(17)23/h1-6,17H,7-13H2. The fraction of sp³-hybridized carbons (Fsp3) is 0.421. The molecule has 0 saturated carbocycles. The maximum absolute atomic E-state index is 11.7. The van der Waals surface area contributed by atoms with Crippen LogP contribution in [0.2, 0.25) is 5.02 Å². The third kappa shape index (κ3) is 3.75. The maximum Gasteiger partial charge on any atom is 0.323 e. The predicted molar refractivity (Wildman–Crippen MR) is 101 cm³/mol. The van der Waals surface area contributed by atoms with Crippen molar-refractivity contribution in [3.8, 4) is 10.4 Å². The van der Waals surface area contributed by atoms with Crippen LogP contribution in [-0.4, -0.2) is 54.6 Å². The molecule has 0 radical (unpaired) electrons. The van der Waals surface area contributed by atoms with Crippen molar-refractivity contribution in [1.82, 2.24) is 9.80 Å². The van der Waals surface area contributed by atoms with E-state index in [4.69, 9.17) is 16.3 Å². The number of halogens is 1. The van der Waals surface area contributed by atoms with Crippen LogP contribution in [0.15, 0.2) is 36.4 Å². The number of nitrogens with zero attached hydrogens (tertiary/aromatic N) is 2. The van der Waals surface area contributed by atoms with Crippen LogP contribution in [-0.2, 0) is 16.1 Å². The Morgan fingerprint density at radius 2 is 1.92 bits per heavy atom. The van der Waals surface area contributed by atoms with Crippen molar-refractivity contribution in [3.05, 3.63) is 46.3 Å². The lowest BCUT2D eigenvalue weighted by Gasteiger charge is -2.36. The van der Waals surface area contributed by atoms with Gasteiger partial charge in [-0.15, -0.1) is 11.3 Å². The lowest BCUT2D eigenvalue weighted by molar-refractivity contribution is -0.142. The van der Waals surface area contributed by atoms with Crippen molar-refractivity contribution >= 4 is 28.9 Å². The largest absolute Gasteiger partial charge is 0.464 e. The zero-order valence-corrected chi connectivity index (χ0v) is 15.6. The van der Waals surface area contributed by atoms with E-state index in [-0.39, 0.29) is 12.0 Å². The van der Waals surface area contributed by atoms with Crippen molar-refractivity contribution in [3.63, 3.8) is 0 Å². The van der Waals surface area contributed by atoms with Gasteiger partial charge in [0.2, 0.25) is 0 Å². The zero-order chi connectivity index (χ0) is 17.2. The van der Waals surface area contributed by atoms with Crippen LogP contribution in [0.5, 0.6) is 0 Å². The van der Waals surface area contributed by atoms with Gasteiger partial charge in [-0.2, -0.15) is 0 Å². The van der Waals surface area contributed by atoms with Gasteiger partial charge in [0.05, 0.1) is 6.61 Å². The summed E-state index contributed by atoms with van der Waals surface area (Å²) in [6.07, 6.45) is 0.838. The SMILES string of the molecule is O=C1OCCC1N1CCN(Cc2ccc(-c3ccccc3Cl)s2)CC1. The number of piperazine rings is 1. The van der Waals surface area contributed by atoms with Gasteiger partial charge in [-0.25, -0.2) is 0 Å². The average molecular weight is 377 g/mol. The Kier molecular flexibility index (Phi) is 5.08. The van der Waals surface area contributed by atoms with E-state index in [1.807, 2.05) is 18.2 Å². The molecule has 2 aromatic rings. The van der Waals surface area contributed by atoms with Crippen molar-refractivity contribution < 1.29 is 9.53 Å². The van der Waals surface area contributed by atoms with Gasteiger partial charge >= 0.3 is 5.97 Å². The summed E-state index contributed by atoms with van der Waals surface area (Å²) in [6, 6.07) is 12.3. The highest BCUT2D eigenvalue weighted by Crippen LogP contribution is 2.33. The first-order valence-corrected chi connectivity index (χ1v) is 9.87. The number of cyclic esters (lactones) is 1. The number of benzene rings is 1. The molecule has 6 heteroatoms. The summed E-state index contributed by atoms with van der Waals surface area (Å²) in [6.45, 7) is 5.37. The molecule has 1 unspecified atom stereocenters. The Morgan fingerprint density at radius 1 is 1.12 bits per heavy atom. The average Bonchev–Trinajstić information content (AvgIpc) is 3.25. The summed E-state index contributed by atoms with van der Waals surface area (Å²) >= 11 is 8.11. The van der Waals surface area contributed by atoms with Gasteiger partial charge < -0.3 is 4.74 Å². The number of ether oxygens (including phenoxy) is 1. The van der Waals surface area contributed by atoms with E-state index in [1.54, 1.807) is 11.3 Å². The molecular formula is C19H21ClN2O2S. The topological polar surface area (TPSA) is 32.8 Å². The van der Waals surface area contributed by atoms with Gasteiger partial charge in [-0.1, -0.05) is 29.8 Å². The number of rotatable bonds is 4. The highest BCUT2D eigenvalue weighted by atomic mass is 35.5. The summed E-state index contributed by atoms with van der Waals surface area (Å²) in [5, 5.41) is 0.799. The highest BCUT2D eigenvalue weighted by molar-refractivity contribution is 7.15. The molecule has 0 amide bonds. The summed E-state index contributed by atoms with van der Waals surface area (Å²) < 4.78 is 5.09. The van der Waals surface area contributed by atoms with Crippen LogP contribution in [0.4, 0.5) is 0 Å². The normalized spacial score (nSPS) is 22.3. The van der Waals surface area contributed by atoms with Gasteiger partial charge in [0.1, 0.15) is 6.04 Å². The van der Waals surface area contributed by atoms with Crippen molar-refractivity contribution in [2.75, 3.05) is 32.8 Å². The molecule has 2 aliphatic rings. The van der Waals surface area contributed by atoms with Crippen molar-refractivity contribution in [2.45, 2.75) is 19.0 Å². The molecule has 2 aliphatic heterocycles. The van der Waals surface area contributed by atoms with E-state index in [1.165, 1.54) is 9.75 Å². The van der Waals surface area contributed by atoms with Crippen LogP contribution in [0.1, 0.15) is 11.3 Å². The number of carbonyl (C=O) groups is 1. The number of esters is 1. The molecule has 0 spiro atoms. The molecule has 4 nitrogen and oxygen atoms in total. The zero-order valence-electron chi connectivity index (χ0n) is 14.0. The monoisotopic (exact) mass is 376 g/mol. The molecule has 3 heterocycles. The van der Waals surface area contributed by atoms with E-state index in [9.17, 15) is 4.79 Å². The maximum atomic E-state index is 11.7. The molecule has 2 saturated heterocycles. The fourth-order valence-electron chi connectivity index (χ4n) is 3.54. The van der Waals surface area contributed by atoms with Gasteiger partial charge in [0.15, 0.2) is 0 Å². The van der Waals surface area contributed by atoms with E-state index in [0.717, 1.165) is 49.7 Å². The third-order valence-corrected chi connectivity index (χ3v) is 6.37. The van der Waals surface area contributed by atoms with Gasteiger partial charge in [0.25, 0.3) is 0 Å². The van der Waals surface area contributed by atoms with Crippen LogP contribution in [0.3, 0.4) is 0 Å². The van der Waals surface area contributed by atoms with Crippen molar-refractivity contribution in [2.24, 2.45) is 0 Å². The minimum atomic E-state index is -0.0453. The van der Waals surface area contributed by atoms with Crippen LogP contribution >= 0.6 is 22.9 Å². The lowest BCUT2D eigenvalue weighted by Crippen LogP contribution is -2.51. The minimum Gasteiger partial charge on any atom is -0.464 e. The van der Waals surface area contributed by atoms with Crippen molar-refractivity contribution in [1.29, 1.82) is 0 Å². The van der Waals surface area contributed by atoms with Crippen LogP contribution in [0.25, 0.3) is 10.4 Å². The van der Waals surface area contributed by atoms with Gasteiger partial charge in [-0.05, 0) is 18.2 Å². The first kappa shape index (κ1) is 17.0. The number of hydrogen-bond donors (Lipinski definition) is 0. The second-order valence-electron chi connectivity index (χ2n) is 6.53.